The second-order valence-electron chi connectivity index (χ2n) is 7.24. The van der Waals surface area contributed by atoms with E-state index < -0.39 is 23.5 Å². The Balaban J connectivity index is 1.60. The van der Waals surface area contributed by atoms with Crippen LogP contribution in [0.2, 0.25) is 0 Å². The summed E-state index contributed by atoms with van der Waals surface area (Å²) in [6.07, 6.45) is 0.678. The monoisotopic (exact) mass is 454 g/mol. The molecule has 3 aromatic rings. The molecule has 1 atom stereocenters. The molecule has 0 saturated carbocycles. The lowest BCUT2D eigenvalue weighted by Gasteiger charge is -2.20. The minimum Gasteiger partial charge on any atom is -0.548 e. The Kier molecular flexibility index (Phi) is 7.94. The number of aryl methyl sites for hydroxylation is 2. The normalized spacial score (nSPS) is 11.8. The fourth-order valence-corrected chi connectivity index (χ4v) is 4.27. The van der Waals surface area contributed by atoms with Crippen molar-refractivity contribution in [2.75, 3.05) is 12.4 Å². The molecule has 0 unspecified atom stereocenters. The molecule has 0 radical (unpaired) electrons. The van der Waals surface area contributed by atoms with Crippen molar-refractivity contribution in [1.82, 2.24) is 5.32 Å². The third kappa shape index (κ3) is 5.91. The van der Waals surface area contributed by atoms with E-state index in [-0.39, 0.29) is 12.4 Å². The van der Waals surface area contributed by atoms with Crippen molar-refractivity contribution in [2.45, 2.75) is 32.1 Å². The molecule has 32 heavy (non-hydrogen) atoms. The molecule has 0 bridgehead atoms. The highest BCUT2D eigenvalue weighted by Crippen LogP contribution is 2.28. The molecular formula is C24H24NO6S-. The summed E-state index contributed by atoms with van der Waals surface area (Å²) in [6, 6.07) is 13.4. The van der Waals surface area contributed by atoms with E-state index in [1.54, 1.807) is 19.1 Å². The first-order valence-electron chi connectivity index (χ1n) is 10.2. The minimum absolute atomic E-state index is 0.170. The van der Waals surface area contributed by atoms with E-state index in [2.05, 4.69) is 5.32 Å². The summed E-state index contributed by atoms with van der Waals surface area (Å²) < 4.78 is 10.9. The van der Waals surface area contributed by atoms with Gasteiger partial charge in [0.1, 0.15) is 11.3 Å². The second-order valence-corrected chi connectivity index (χ2v) is 8.27. The Morgan fingerprint density at radius 1 is 1.19 bits per heavy atom. The van der Waals surface area contributed by atoms with E-state index in [1.165, 1.54) is 17.8 Å². The Bertz CT molecular complexity index is 1160. The van der Waals surface area contributed by atoms with Crippen molar-refractivity contribution in [2.24, 2.45) is 0 Å². The average molecular weight is 455 g/mol. The summed E-state index contributed by atoms with van der Waals surface area (Å²) in [4.78, 5) is 35.5. The van der Waals surface area contributed by atoms with E-state index in [4.69, 9.17) is 9.15 Å². The van der Waals surface area contributed by atoms with E-state index in [0.29, 0.717) is 29.1 Å². The number of ether oxygens (including phenoxy) is 1. The first-order chi connectivity index (χ1) is 15.4. The summed E-state index contributed by atoms with van der Waals surface area (Å²) in [6.45, 7) is 3.31. The van der Waals surface area contributed by atoms with Gasteiger partial charge in [0.2, 0.25) is 0 Å². The van der Waals surface area contributed by atoms with Crippen LogP contribution in [-0.4, -0.2) is 30.3 Å². The van der Waals surface area contributed by atoms with Gasteiger partial charge in [0.05, 0.1) is 12.0 Å². The molecule has 1 amide bonds. The van der Waals surface area contributed by atoms with Crippen LogP contribution in [0.1, 0.15) is 23.6 Å². The predicted octanol–water partition coefficient (Wildman–Crippen LogP) is 2.21. The van der Waals surface area contributed by atoms with Gasteiger partial charge in [-0.3, -0.25) is 4.79 Å². The van der Waals surface area contributed by atoms with Gasteiger partial charge < -0.3 is 24.4 Å². The number of carboxylic acids is 1. The zero-order chi connectivity index (χ0) is 23.1. The highest BCUT2D eigenvalue weighted by molar-refractivity contribution is 7.98. The molecule has 0 saturated heterocycles. The molecule has 0 fully saturated rings. The van der Waals surface area contributed by atoms with Crippen LogP contribution < -0.4 is 20.8 Å². The summed E-state index contributed by atoms with van der Waals surface area (Å²) in [5.74, 6) is -0.758. The fourth-order valence-electron chi connectivity index (χ4n) is 3.27. The quantitative estimate of drug-likeness (QED) is 0.468. The zero-order valence-electron chi connectivity index (χ0n) is 17.9. The highest BCUT2D eigenvalue weighted by Gasteiger charge is 2.16. The van der Waals surface area contributed by atoms with Gasteiger partial charge in [-0.25, -0.2) is 4.79 Å². The van der Waals surface area contributed by atoms with Gasteiger partial charge in [-0.2, -0.15) is 11.8 Å². The third-order valence-corrected chi connectivity index (χ3v) is 6.06. The molecule has 0 aliphatic rings. The maximum absolute atomic E-state index is 12.3. The lowest BCUT2D eigenvalue weighted by atomic mass is 10.0. The molecule has 168 valence electrons. The lowest BCUT2D eigenvalue weighted by molar-refractivity contribution is -0.307. The number of aliphatic carboxylic acids is 1. The number of amides is 1. The van der Waals surface area contributed by atoms with Crippen LogP contribution in [0.3, 0.4) is 0 Å². The lowest BCUT2D eigenvalue weighted by Crippen LogP contribution is -2.50. The Morgan fingerprint density at radius 2 is 1.94 bits per heavy atom. The summed E-state index contributed by atoms with van der Waals surface area (Å²) in [5, 5.41) is 14.7. The minimum atomic E-state index is -1.35. The standard InChI is InChI=1S/C24H25NO6S/c1-3-17-11-22(27)31-23-15(2)20(10-9-18(17)23)30-12-21(26)25-19(24(28)29)14-32-13-16-7-5-4-6-8-16/h4-11,19H,3,12-14H2,1-2H3,(H,25,26)(H,28,29)/p-1/t19-/m0/s1. The molecule has 8 heteroatoms. The topological polar surface area (TPSA) is 109 Å². The van der Waals surface area contributed by atoms with Crippen LogP contribution in [0.15, 0.2) is 57.7 Å². The van der Waals surface area contributed by atoms with Crippen molar-refractivity contribution in [1.29, 1.82) is 0 Å². The molecular weight excluding hydrogens is 430 g/mol. The molecule has 1 N–H and O–H groups in total. The van der Waals surface area contributed by atoms with Gasteiger partial charge in [0.25, 0.3) is 5.91 Å². The van der Waals surface area contributed by atoms with Gasteiger partial charge in [-0.15, -0.1) is 0 Å². The second kappa shape index (κ2) is 10.9. The van der Waals surface area contributed by atoms with Crippen LogP contribution >= 0.6 is 11.8 Å². The van der Waals surface area contributed by atoms with E-state index in [9.17, 15) is 19.5 Å². The Morgan fingerprint density at radius 3 is 2.62 bits per heavy atom. The van der Waals surface area contributed by atoms with Crippen molar-refractivity contribution in [3.8, 4) is 5.75 Å². The van der Waals surface area contributed by atoms with Crippen LogP contribution in [0.25, 0.3) is 11.0 Å². The molecule has 7 nitrogen and oxygen atoms in total. The molecule has 0 aliphatic carbocycles. The van der Waals surface area contributed by atoms with Crippen molar-refractivity contribution in [3.63, 3.8) is 0 Å². The fraction of sp³-hybridized carbons (Fsp3) is 0.292. The predicted molar refractivity (Wildman–Crippen MR) is 122 cm³/mol. The molecule has 1 heterocycles. The molecule has 0 spiro atoms. The zero-order valence-corrected chi connectivity index (χ0v) is 18.7. The van der Waals surface area contributed by atoms with E-state index >= 15 is 0 Å². The number of carbonyl (C=O) groups is 2. The SMILES string of the molecule is CCc1cc(=O)oc2c(C)c(OCC(=O)N[C@@H](CSCc3ccccc3)C(=O)[O-])ccc12. The summed E-state index contributed by atoms with van der Waals surface area (Å²) >= 11 is 1.39. The summed E-state index contributed by atoms with van der Waals surface area (Å²) in [7, 11) is 0. The largest absolute Gasteiger partial charge is 0.548 e. The van der Waals surface area contributed by atoms with Crippen LogP contribution in [0.5, 0.6) is 5.75 Å². The van der Waals surface area contributed by atoms with Gasteiger partial charge in [0, 0.05) is 28.5 Å². The molecule has 0 aliphatic heterocycles. The molecule has 3 rings (SSSR count). The average Bonchev–Trinajstić information content (AvgIpc) is 2.78. The van der Waals surface area contributed by atoms with Gasteiger partial charge in [0.15, 0.2) is 6.61 Å². The van der Waals surface area contributed by atoms with Crippen molar-refractivity contribution < 1.29 is 23.8 Å². The number of benzene rings is 2. The third-order valence-electron chi connectivity index (χ3n) is 4.95. The van der Waals surface area contributed by atoms with E-state index in [1.807, 2.05) is 37.3 Å². The number of thioether (sulfide) groups is 1. The number of nitrogens with one attached hydrogen (secondary N) is 1. The smallest absolute Gasteiger partial charge is 0.336 e. The molecule has 1 aromatic heterocycles. The number of carbonyl (C=O) groups excluding carboxylic acids is 2. The van der Waals surface area contributed by atoms with E-state index in [0.717, 1.165) is 16.5 Å². The number of carboxylic acid groups (broad SMARTS) is 1. The number of hydrogen-bond donors (Lipinski definition) is 1. The number of rotatable bonds is 10. The maximum atomic E-state index is 12.3. The van der Waals surface area contributed by atoms with Gasteiger partial charge in [-0.1, -0.05) is 37.3 Å². The molecule has 2 aromatic carbocycles. The van der Waals surface area contributed by atoms with Gasteiger partial charge >= 0.3 is 5.63 Å². The first kappa shape index (κ1) is 23.4. The summed E-state index contributed by atoms with van der Waals surface area (Å²) in [5.41, 5.74) is 2.49. The van der Waals surface area contributed by atoms with Gasteiger partial charge in [-0.05, 0) is 36.6 Å². The Hall–Kier alpha value is -3.26. The number of hydrogen-bond acceptors (Lipinski definition) is 7. The van der Waals surface area contributed by atoms with Crippen molar-refractivity contribution >= 4 is 34.6 Å². The van der Waals surface area contributed by atoms with Crippen LogP contribution in [0, 0.1) is 6.92 Å². The highest BCUT2D eigenvalue weighted by atomic mass is 32.2. The Labute approximate surface area is 189 Å². The number of fused-ring (bicyclic) bond motifs is 1. The van der Waals surface area contributed by atoms with Crippen LogP contribution in [-0.2, 0) is 21.8 Å². The first-order valence-corrected chi connectivity index (χ1v) is 11.4. The maximum Gasteiger partial charge on any atom is 0.336 e. The van der Waals surface area contributed by atoms with Crippen LogP contribution in [0.4, 0.5) is 0 Å². The van der Waals surface area contributed by atoms with Crippen molar-refractivity contribution in [3.05, 3.63) is 75.6 Å².